The number of rotatable bonds is 1. The molecule has 2 heterocycles. The molecule has 0 aliphatic carbocycles. The molecule has 70 valence electrons. The number of pyridine rings is 1. The summed E-state index contributed by atoms with van der Waals surface area (Å²) in [6.45, 7) is 6.12. The molecule has 0 saturated carbocycles. The molecule has 0 bridgehead atoms. The summed E-state index contributed by atoms with van der Waals surface area (Å²) in [6, 6.07) is 5.72. The van der Waals surface area contributed by atoms with Gasteiger partial charge >= 0.3 is 0 Å². The Morgan fingerprint density at radius 1 is 1.08 bits per heavy atom. The predicted octanol–water partition coefficient (Wildman–Crippen LogP) is 2.31. The average Bonchev–Trinajstić information content (AvgIpc) is 2.74. The molecule has 0 N–H and O–H groups in total. The molecule has 0 unspecified atom stereocenters. The molecule has 2 heteroatoms. The highest BCUT2D eigenvalue weighted by Crippen LogP contribution is 2.05. The van der Waals surface area contributed by atoms with Gasteiger partial charge in [0.25, 0.3) is 0 Å². The van der Waals surface area contributed by atoms with Gasteiger partial charge in [0.1, 0.15) is 0 Å². The van der Waals surface area contributed by atoms with Gasteiger partial charge in [-0.1, -0.05) is 12.6 Å². The Bertz CT molecular complexity index is 188. The van der Waals surface area contributed by atoms with Gasteiger partial charge in [0.2, 0.25) is 0 Å². The normalized spacial score (nSPS) is 14.6. The molecule has 0 spiro atoms. The topological polar surface area (TPSA) is 16.1 Å². The van der Waals surface area contributed by atoms with Crippen LogP contribution < -0.4 is 0 Å². The van der Waals surface area contributed by atoms with Crippen molar-refractivity contribution in [2.45, 2.75) is 12.8 Å². The van der Waals surface area contributed by atoms with E-state index in [1.165, 1.54) is 25.9 Å². The molecule has 1 aliphatic heterocycles. The minimum atomic E-state index is 1.23. The van der Waals surface area contributed by atoms with Crippen LogP contribution in [0.25, 0.3) is 0 Å². The Morgan fingerprint density at radius 3 is 1.92 bits per heavy atom. The van der Waals surface area contributed by atoms with Crippen molar-refractivity contribution in [2.24, 2.45) is 0 Å². The van der Waals surface area contributed by atoms with Crippen molar-refractivity contribution >= 4 is 0 Å². The van der Waals surface area contributed by atoms with Crippen molar-refractivity contribution in [3.8, 4) is 0 Å². The summed E-state index contributed by atoms with van der Waals surface area (Å²) >= 11 is 0. The van der Waals surface area contributed by atoms with Crippen LogP contribution in [0.5, 0.6) is 0 Å². The van der Waals surface area contributed by atoms with E-state index in [-0.39, 0.29) is 0 Å². The van der Waals surface area contributed by atoms with E-state index in [1.54, 1.807) is 12.4 Å². The lowest BCUT2D eigenvalue weighted by atomic mass is 10.4. The Morgan fingerprint density at radius 2 is 1.69 bits per heavy atom. The zero-order valence-corrected chi connectivity index (χ0v) is 7.89. The second-order valence-corrected chi connectivity index (χ2v) is 2.95. The summed E-state index contributed by atoms with van der Waals surface area (Å²) in [6.07, 6.45) is 8.13. The molecule has 2 rings (SSSR count). The van der Waals surface area contributed by atoms with Crippen molar-refractivity contribution in [1.29, 1.82) is 0 Å². The summed E-state index contributed by atoms with van der Waals surface area (Å²) in [5.74, 6) is 0. The van der Waals surface area contributed by atoms with Gasteiger partial charge in [-0.2, -0.15) is 0 Å². The predicted molar refractivity (Wildman–Crippen MR) is 55.2 cm³/mol. The van der Waals surface area contributed by atoms with E-state index in [9.17, 15) is 0 Å². The SMILES string of the molecule is C=CN1CCCC1.c1ccncc1. The van der Waals surface area contributed by atoms with E-state index < -0.39 is 0 Å². The van der Waals surface area contributed by atoms with Crippen LogP contribution >= 0.6 is 0 Å². The lowest BCUT2D eigenvalue weighted by Gasteiger charge is -2.07. The van der Waals surface area contributed by atoms with Crippen molar-refractivity contribution in [3.63, 3.8) is 0 Å². The van der Waals surface area contributed by atoms with E-state index >= 15 is 0 Å². The molecular weight excluding hydrogens is 160 g/mol. The lowest BCUT2D eigenvalue weighted by molar-refractivity contribution is 0.469. The molecule has 1 fully saturated rings. The molecule has 0 amide bonds. The largest absolute Gasteiger partial charge is 0.378 e. The van der Waals surface area contributed by atoms with Gasteiger partial charge in [0, 0.05) is 25.5 Å². The molecule has 0 radical (unpaired) electrons. The first-order valence-corrected chi connectivity index (χ1v) is 4.65. The van der Waals surface area contributed by atoms with Gasteiger partial charge in [-0.15, -0.1) is 0 Å². The quantitative estimate of drug-likeness (QED) is 0.652. The maximum atomic E-state index is 3.78. The number of likely N-dealkylation sites (tertiary alicyclic amines) is 1. The molecule has 1 aromatic heterocycles. The van der Waals surface area contributed by atoms with Gasteiger partial charge in [-0.3, -0.25) is 4.98 Å². The molecule has 2 nitrogen and oxygen atoms in total. The minimum absolute atomic E-state index is 1.23. The van der Waals surface area contributed by atoms with E-state index in [4.69, 9.17) is 0 Å². The van der Waals surface area contributed by atoms with Gasteiger partial charge in [-0.25, -0.2) is 0 Å². The number of nitrogens with zero attached hydrogens (tertiary/aromatic N) is 2. The third-order valence-corrected chi connectivity index (χ3v) is 1.97. The lowest BCUT2D eigenvalue weighted by Crippen LogP contribution is -2.08. The zero-order chi connectivity index (χ0) is 9.36. The van der Waals surface area contributed by atoms with Gasteiger partial charge in [0.15, 0.2) is 0 Å². The first kappa shape index (κ1) is 9.78. The molecule has 0 atom stereocenters. The summed E-state index contributed by atoms with van der Waals surface area (Å²) in [4.78, 5) is 6.03. The minimum Gasteiger partial charge on any atom is -0.378 e. The second-order valence-electron chi connectivity index (χ2n) is 2.95. The molecule has 1 saturated heterocycles. The third kappa shape index (κ3) is 4.31. The first-order valence-electron chi connectivity index (χ1n) is 4.65. The van der Waals surface area contributed by atoms with Crippen LogP contribution in [0.1, 0.15) is 12.8 Å². The highest BCUT2D eigenvalue weighted by atomic mass is 15.1. The van der Waals surface area contributed by atoms with Crippen LogP contribution in [0.2, 0.25) is 0 Å². The second kappa shape index (κ2) is 6.23. The fourth-order valence-electron chi connectivity index (χ4n) is 1.24. The van der Waals surface area contributed by atoms with Gasteiger partial charge in [0.05, 0.1) is 0 Å². The van der Waals surface area contributed by atoms with E-state index in [2.05, 4.69) is 16.5 Å². The summed E-state index contributed by atoms with van der Waals surface area (Å²) in [7, 11) is 0. The van der Waals surface area contributed by atoms with E-state index in [0.717, 1.165) is 0 Å². The summed E-state index contributed by atoms with van der Waals surface area (Å²) < 4.78 is 0. The van der Waals surface area contributed by atoms with Crippen LogP contribution in [0.3, 0.4) is 0 Å². The molecule has 1 aliphatic rings. The molecule has 13 heavy (non-hydrogen) atoms. The monoisotopic (exact) mass is 176 g/mol. The van der Waals surface area contributed by atoms with Crippen LogP contribution in [0, 0.1) is 0 Å². The smallest absolute Gasteiger partial charge is 0.0267 e. The average molecular weight is 176 g/mol. The number of hydrogen-bond acceptors (Lipinski definition) is 2. The van der Waals surface area contributed by atoms with Crippen molar-refractivity contribution < 1.29 is 0 Å². The Balaban J connectivity index is 0.000000132. The standard InChI is InChI=1S/C6H11N.C5H5N/c1-2-7-5-3-4-6-7;1-2-4-6-5-3-1/h2H,1,3-6H2;1-5H. The highest BCUT2D eigenvalue weighted by Gasteiger charge is 2.04. The Hall–Kier alpha value is -1.31. The van der Waals surface area contributed by atoms with E-state index in [0.29, 0.717) is 0 Å². The number of aromatic nitrogens is 1. The number of hydrogen-bond donors (Lipinski definition) is 0. The van der Waals surface area contributed by atoms with Crippen LogP contribution in [0.15, 0.2) is 43.4 Å². The Kier molecular flexibility index (Phi) is 4.69. The van der Waals surface area contributed by atoms with Gasteiger partial charge in [-0.05, 0) is 31.2 Å². The third-order valence-electron chi connectivity index (χ3n) is 1.97. The fraction of sp³-hybridized carbons (Fsp3) is 0.364. The summed E-state index contributed by atoms with van der Waals surface area (Å²) in [5, 5.41) is 0. The summed E-state index contributed by atoms with van der Waals surface area (Å²) in [5.41, 5.74) is 0. The van der Waals surface area contributed by atoms with Crippen LogP contribution in [0.4, 0.5) is 0 Å². The molecular formula is C11H16N2. The van der Waals surface area contributed by atoms with Gasteiger partial charge < -0.3 is 4.90 Å². The van der Waals surface area contributed by atoms with Crippen molar-refractivity contribution in [3.05, 3.63) is 43.4 Å². The zero-order valence-electron chi connectivity index (χ0n) is 7.89. The van der Waals surface area contributed by atoms with Crippen LogP contribution in [-0.4, -0.2) is 23.0 Å². The maximum absolute atomic E-state index is 3.78. The first-order chi connectivity index (χ1) is 6.43. The maximum Gasteiger partial charge on any atom is 0.0267 e. The van der Waals surface area contributed by atoms with Crippen LogP contribution in [-0.2, 0) is 0 Å². The fourth-order valence-corrected chi connectivity index (χ4v) is 1.24. The Labute approximate surface area is 79.9 Å². The van der Waals surface area contributed by atoms with Crippen molar-refractivity contribution in [1.82, 2.24) is 9.88 Å². The molecule has 0 aromatic carbocycles. The molecule has 1 aromatic rings. The van der Waals surface area contributed by atoms with Crippen molar-refractivity contribution in [2.75, 3.05) is 13.1 Å². The van der Waals surface area contributed by atoms with E-state index in [1.807, 2.05) is 24.4 Å². The highest BCUT2D eigenvalue weighted by molar-refractivity contribution is 4.88.